The summed E-state index contributed by atoms with van der Waals surface area (Å²) in [7, 11) is -3.50. The molecule has 0 radical (unpaired) electrons. The first kappa shape index (κ1) is 19.2. The SMILES string of the molecule is Cc1ccc(-n2cnnn2)cc1NC(=O)c1ccc(S(=O)(=O)N2CCCC2)cc1. The van der Waals surface area contributed by atoms with Gasteiger partial charge in [-0.15, -0.1) is 5.10 Å². The Hall–Kier alpha value is -3.11. The van der Waals surface area contributed by atoms with Gasteiger partial charge in [-0.3, -0.25) is 4.79 Å². The number of nitrogens with one attached hydrogen (secondary N) is 1. The molecule has 4 rings (SSSR count). The van der Waals surface area contributed by atoms with Gasteiger partial charge in [-0.05, 0) is 72.2 Å². The maximum absolute atomic E-state index is 12.7. The number of hydrogen-bond acceptors (Lipinski definition) is 6. The summed E-state index contributed by atoms with van der Waals surface area (Å²) >= 11 is 0. The largest absolute Gasteiger partial charge is 0.322 e. The molecule has 150 valence electrons. The second-order valence-corrected chi connectivity index (χ2v) is 8.78. The molecule has 0 atom stereocenters. The van der Waals surface area contributed by atoms with Gasteiger partial charge >= 0.3 is 0 Å². The number of benzene rings is 2. The fourth-order valence-electron chi connectivity index (χ4n) is 3.22. The van der Waals surface area contributed by atoms with Crippen LogP contribution in [0.5, 0.6) is 0 Å². The van der Waals surface area contributed by atoms with Crippen LogP contribution in [-0.4, -0.2) is 51.9 Å². The number of carbonyl (C=O) groups excluding carboxylic acids is 1. The van der Waals surface area contributed by atoms with Gasteiger partial charge < -0.3 is 5.32 Å². The number of nitrogens with zero attached hydrogens (tertiary/aromatic N) is 5. The number of tetrazole rings is 1. The molecule has 0 unspecified atom stereocenters. The third-order valence-electron chi connectivity index (χ3n) is 4.90. The van der Waals surface area contributed by atoms with E-state index in [1.54, 1.807) is 6.07 Å². The number of anilines is 1. The van der Waals surface area contributed by atoms with Crippen LogP contribution in [0, 0.1) is 6.92 Å². The molecule has 9 nitrogen and oxygen atoms in total. The molecular formula is C19H20N6O3S. The number of aryl methyl sites for hydroxylation is 1. The van der Waals surface area contributed by atoms with Gasteiger partial charge in [0.2, 0.25) is 10.0 Å². The lowest BCUT2D eigenvalue weighted by molar-refractivity contribution is 0.102. The molecule has 2 heterocycles. The van der Waals surface area contributed by atoms with Crippen molar-refractivity contribution in [3.63, 3.8) is 0 Å². The van der Waals surface area contributed by atoms with Crippen molar-refractivity contribution in [2.24, 2.45) is 0 Å². The third-order valence-corrected chi connectivity index (χ3v) is 6.82. The highest BCUT2D eigenvalue weighted by atomic mass is 32.2. The summed E-state index contributed by atoms with van der Waals surface area (Å²) < 4.78 is 28.2. The minimum Gasteiger partial charge on any atom is -0.322 e. The Morgan fingerprint density at radius 1 is 1.07 bits per heavy atom. The molecule has 0 spiro atoms. The Balaban J connectivity index is 1.53. The predicted octanol–water partition coefficient (Wildman–Crippen LogP) is 2.01. The fourth-order valence-corrected chi connectivity index (χ4v) is 4.73. The second-order valence-electron chi connectivity index (χ2n) is 6.84. The summed E-state index contributed by atoms with van der Waals surface area (Å²) in [6.45, 7) is 2.97. The van der Waals surface area contributed by atoms with Crippen LogP contribution in [0.4, 0.5) is 5.69 Å². The van der Waals surface area contributed by atoms with E-state index in [0.29, 0.717) is 30.0 Å². The monoisotopic (exact) mass is 412 g/mol. The van der Waals surface area contributed by atoms with Crippen molar-refractivity contribution in [1.82, 2.24) is 24.5 Å². The summed E-state index contributed by atoms with van der Waals surface area (Å²) in [5, 5.41) is 13.9. The normalized spacial score (nSPS) is 14.8. The van der Waals surface area contributed by atoms with Gasteiger partial charge in [0.05, 0.1) is 10.6 Å². The minimum atomic E-state index is -3.50. The molecule has 10 heteroatoms. The number of aromatic nitrogens is 4. The van der Waals surface area contributed by atoms with Crippen molar-refractivity contribution in [2.75, 3.05) is 18.4 Å². The van der Waals surface area contributed by atoms with Crippen molar-refractivity contribution in [3.05, 3.63) is 59.9 Å². The Morgan fingerprint density at radius 3 is 2.45 bits per heavy atom. The molecule has 0 aliphatic carbocycles. The van der Waals surface area contributed by atoms with Gasteiger partial charge in [-0.2, -0.15) is 4.31 Å². The summed E-state index contributed by atoms with van der Waals surface area (Å²) in [4.78, 5) is 12.9. The molecule has 1 aliphatic heterocycles. The number of carbonyl (C=O) groups is 1. The van der Waals surface area contributed by atoms with E-state index in [0.717, 1.165) is 18.4 Å². The summed E-state index contributed by atoms with van der Waals surface area (Å²) in [5.74, 6) is -0.327. The molecule has 1 aliphatic rings. The lowest BCUT2D eigenvalue weighted by Crippen LogP contribution is -2.27. The van der Waals surface area contributed by atoms with Crippen LogP contribution in [0.1, 0.15) is 28.8 Å². The quantitative estimate of drug-likeness (QED) is 0.686. The number of amides is 1. The van der Waals surface area contributed by atoms with E-state index in [1.165, 1.54) is 39.6 Å². The van der Waals surface area contributed by atoms with E-state index >= 15 is 0 Å². The molecule has 3 aromatic rings. The van der Waals surface area contributed by atoms with Gasteiger partial charge in [-0.1, -0.05) is 6.07 Å². The molecule has 29 heavy (non-hydrogen) atoms. The van der Waals surface area contributed by atoms with Gasteiger partial charge in [0.1, 0.15) is 6.33 Å². The molecule has 1 saturated heterocycles. The van der Waals surface area contributed by atoms with Crippen molar-refractivity contribution in [1.29, 1.82) is 0 Å². The maximum atomic E-state index is 12.7. The molecule has 1 amide bonds. The first-order valence-electron chi connectivity index (χ1n) is 9.21. The topological polar surface area (TPSA) is 110 Å². The van der Waals surface area contributed by atoms with Crippen LogP contribution in [-0.2, 0) is 10.0 Å². The predicted molar refractivity (Wildman–Crippen MR) is 106 cm³/mol. The van der Waals surface area contributed by atoms with E-state index in [2.05, 4.69) is 20.8 Å². The lowest BCUT2D eigenvalue weighted by atomic mass is 10.1. The van der Waals surface area contributed by atoms with E-state index in [1.807, 2.05) is 19.1 Å². The van der Waals surface area contributed by atoms with Gasteiger partial charge in [0, 0.05) is 24.3 Å². The van der Waals surface area contributed by atoms with Crippen molar-refractivity contribution < 1.29 is 13.2 Å². The van der Waals surface area contributed by atoms with E-state index in [4.69, 9.17) is 0 Å². The van der Waals surface area contributed by atoms with Crippen LogP contribution in [0.15, 0.2) is 53.7 Å². The standard InChI is InChI=1S/C19H20N6O3S/c1-14-4-7-16(25-13-20-22-23-25)12-18(14)21-19(26)15-5-8-17(9-6-15)29(27,28)24-10-2-3-11-24/h4-9,12-13H,2-3,10-11H2,1H3,(H,21,26). The second kappa shape index (κ2) is 7.72. The Bertz CT molecular complexity index is 1120. The lowest BCUT2D eigenvalue weighted by Gasteiger charge is -2.15. The first-order chi connectivity index (χ1) is 13.9. The van der Waals surface area contributed by atoms with E-state index in [-0.39, 0.29) is 10.8 Å². The van der Waals surface area contributed by atoms with Gasteiger partial charge in [0.15, 0.2) is 0 Å². The molecule has 1 N–H and O–H groups in total. The molecule has 0 bridgehead atoms. The molecule has 2 aromatic carbocycles. The fraction of sp³-hybridized carbons (Fsp3) is 0.263. The zero-order chi connectivity index (χ0) is 20.4. The Morgan fingerprint density at radius 2 is 1.79 bits per heavy atom. The Kier molecular flexibility index (Phi) is 5.12. The highest BCUT2D eigenvalue weighted by Crippen LogP contribution is 2.23. The number of sulfonamides is 1. The van der Waals surface area contributed by atoms with E-state index in [9.17, 15) is 13.2 Å². The van der Waals surface area contributed by atoms with Crippen LogP contribution in [0.25, 0.3) is 5.69 Å². The maximum Gasteiger partial charge on any atom is 0.255 e. The van der Waals surface area contributed by atoms with Crippen LogP contribution >= 0.6 is 0 Å². The number of rotatable bonds is 5. The van der Waals surface area contributed by atoms with Crippen molar-refractivity contribution in [2.45, 2.75) is 24.7 Å². The summed E-state index contributed by atoms with van der Waals surface area (Å²) in [5.41, 5.74) is 2.58. The summed E-state index contributed by atoms with van der Waals surface area (Å²) in [6.07, 6.45) is 3.22. The van der Waals surface area contributed by atoms with Gasteiger partial charge in [-0.25, -0.2) is 13.1 Å². The van der Waals surface area contributed by atoms with Crippen LogP contribution < -0.4 is 5.32 Å². The van der Waals surface area contributed by atoms with Crippen molar-refractivity contribution in [3.8, 4) is 5.69 Å². The molecular weight excluding hydrogens is 392 g/mol. The third kappa shape index (κ3) is 3.89. The number of hydrogen-bond donors (Lipinski definition) is 1. The average Bonchev–Trinajstić information content (AvgIpc) is 3.44. The van der Waals surface area contributed by atoms with Crippen LogP contribution in [0.2, 0.25) is 0 Å². The minimum absolute atomic E-state index is 0.202. The van der Waals surface area contributed by atoms with E-state index < -0.39 is 10.0 Å². The molecule has 0 saturated carbocycles. The molecule has 1 fully saturated rings. The summed E-state index contributed by atoms with van der Waals surface area (Å²) in [6, 6.07) is 11.5. The highest BCUT2D eigenvalue weighted by molar-refractivity contribution is 7.89. The zero-order valence-electron chi connectivity index (χ0n) is 15.8. The zero-order valence-corrected chi connectivity index (χ0v) is 16.6. The smallest absolute Gasteiger partial charge is 0.255 e. The Labute approximate surface area is 168 Å². The first-order valence-corrected chi connectivity index (χ1v) is 10.6. The average molecular weight is 412 g/mol. The highest BCUT2D eigenvalue weighted by Gasteiger charge is 2.27. The molecule has 1 aromatic heterocycles. The van der Waals surface area contributed by atoms with Crippen molar-refractivity contribution >= 4 is 21.6 Å². The van der Waals surface area contributed by atoms with Crippen LogP contribution in [0.3, 0.4) is 0 Å². The van der Waals surface area contributed by atoms with Gasteiger partial charge in [0.25, 0.3) is 5.91 Å².